The highest BCUT2D eigenvalue weighted by molar-refractivity contribution is 8.05. The number of amides is 4. The number of benzene rings is 4. The molecule has 0 bridgehead atoms. The summed E-state index contributed by atoms with van der Waals surface area (Å²) in [5, 5.41) is 24.4. The van der Waals surface area contributed by atoms with Crippen molar-refractivity contribution in [1.29, 1.82) is 10.5 Å². The first-order valence-corrected chi connectivity index (χ1v) is 18.4. The number of carbonyl (C=O) groups is 4. The minimum absolute atomic E-state index is 0.137. The molecule has 0 unspecified atom stereocenters. The van der Waals surface area contributed by atoms with Gasteiger partial charge in [-0.25, -0.2) is 8.78 Å². The van der Waals surface area contributed by atoms with Crippen molar-refractivity contribution in [1.82, 2.24) is 10.6 Å². The number of rotatable bonds is 11. The van der Waals surface area contributed by atoms with Crippen molar-refractivity contribution in [2.45, 2.75) is 23.3 Å². The van der Waals surface area contributed by atoms with E-state index in [2.05, 4.69) is 10.6 Å². The van der Waals surface area contributed by atoms with Crippen molar-refractivity contribution in [3.8, 4) is 12.1 Å². The molecule has 0 aromatic heterocycles. The van der Waals surface area contributed by atoms with Crippen molar-refractivity contribution in [3.05, 3.63) is 153 Å². The van der Waals surface area contributed by atoms with Gasteiger partial charge in [0.25, 0.3) is 11.8 Å². The van der Waals surface area contributed by atoms with Crippen LogP contribution in [0.25, 0.3) is 0 Å². The van der Waals surface area contributed by atoms with Crippen LogP contribution in [-0.4, -0.2) is 47.2 Å². The van der Waals surface area contributed by atoms with Crippen LogP contribution in [0, 0.1) is 34.3 Å². The average Bonchev–Trinajstić information content (AvgIpc) is 3.67. The second-order valence-corrected chi connectivity index (χ2v) is 14.4. The van der Waals surface area contributed by atoms with E-state index in [1.54, 1.807) is 84.9 Å². The number of nitrogens with one attached hydrogen (secondary N) is 2. The van der Waals surface area contributed by atoms with E-state index in [9.17, 15) is 38.5 Å². The first-order valence-electron chi connectivity index (χ1n) is 16.6. The fourth-order valence-corrected chi connectivity index (χ4v) is 8.41. The predicted molar refractivity (Wildman–Crippen MR) is 202 cm³/mol. The van der Waals surface area contributed by atoms with Gasteiger partial charge in [0.05, 0.1) is 10.5 Å². The van der Waals surface area contributed by atoms with Gasteiger partial charge in [-0.1, -0.05) is 84.2 Å². The normalized spacial score (nSPS) is 18.5. The number of nitrogens with zero attached hydrogens (tertiary/aromatic N) is 4. The van der Waals surface area contributed by atoms with Gasteiger partial charge >= 0.3 is 0 Å². The van der Waals surface area contributed by atoms with Crippen LogP contribution in [-0.2, 0) is 32.0 Å². The van der Waals surface area contributed by atoms with Crippen molar-refractivity contribution in [2.24, 2.45) is 0 Å². The smallest absolute Gasteiger partial charge is 0.264 e. The van der Waals surface area contributed by atoms with Crippen LogP contribution in [0.2, 0.25) is 0 Å². The highest BCUT2D eigenvalue weighted by Gasteiger charge is 2.42. The van der Waals surface area contributed by atoms with Gasteiger partial charge in [-0.2, -0.15) is 10.5 Å². The van der Waals surface area contributed by atoms with Crippen LogP contribution in [0.1, 0.15) is 11.1 Å². The van der Waals surface area contributed by atoms with Crippen LogP contribution in [0.5, 0.6) is 0 Å². The number of thioether (sulfide) groups is 2. The molecule has 4 amide bonds. The molecule has 0 aliphatic carbocycles. The number of carbonyl (C=O) groups excluding carboxylic acids is 4. The summed E-state index contributed by atoms with van der Waals surface area (Å²) >= 11 is 2.12. The van der Waals surface area contributed by atoms with E-state index < -0.39 is 33.9 Å². The molecule has 2 aliphatic rings. The monoisotopic (exact) mass is 760 g/mol. The average molecular weight is 761 g/mol. The lowest BCUT2D eigenvalue weighted by Gasteiger charge is -2.19. The Kier molecular flexibility index (Phi) is 11.9. The molecule has 14 heteroatoms. The maximum absolute atomic E-state index is 13.7. The van der Waals surface area contributed by atoms with E-state index in [-0.39, 0.29) is 58.9 Å². The molecule has 2 saturated heterocycles. The lowest BCUT2D eigenvalue weighted by Crippen LogP contribution is -2.37. The van der Waals surface area contributed by atoms with Crippen LogP contribution in [0.3, 0.4) is 0 Å². The van der Waals surface area contributed by atoms with E-state index in [0.717, 1.165) is 23.5 Å². The maximum atomic E-state index is 13.7. The zero-order chi connectivity index (χ0) is 38.2. The number of para-hydroxylation sites is 2. The SMILES string of the molecule is N#C/C(C(=O)NCCNC(=O)/C(C#N)=C1\S[C@H](Cc2ccc(F)cc2)C(=O)N1c1ccccc1)=C1/S[C@@H](Cc2ccc(F)cc2)C(=O)N1c1ccccc1. The number of hydrogen-bond acceptors (Lipinski definition) is 8. The summed E-state index contributed by atoms with van der Waals surface area (Å²) < 4.78 is 27.0. The zero-order valence-corrected chi connectivity index (χ0v) is 30.0. The molecule has 270 valence electrons. The highest BCUT2D eigenvalue weighted by atomic mass is 32.2. The lowest BCUT2D eigenvalue weighted by atomic mass is 10.1. The summed E-state index contributed by atoms with van der Waals surface area (Å²) in [5.41, 5.74) is 1.72. The summed E-state index contributed by atoms with van der Waals surface area (Å²) in [6, 6.07) is 32.5. The predicted octanol–water partition coefficient (Wildman–Crippen LogP) is 5.75. The molecule has 6 rings (SSSR count). The molecule has 54 heavy (non-hydrogen) atoms. The van der Waals surface area contributed by atoms with Crippen LogP contribution in [0.4, 0.5) is 20.2 Å². The van der Waals surface area contributed by atoms with Gasteiger partial charge in [-0.3, -0.25) is 29.0 Å². The van der Waals surface area contributed by atoms with Gasteiger partial charge in [0.1, 0.15) is 45.0 Å². The molecule has 2 heterocycles. The number of hydrogen-bond donors (Lipinski definition) is 2. The molecule has 2 fully saturated rings. The van der Waals surface area contributed by atoms with E-state index in [1.807, 2.05) is 12.1 Å². The van der Waals surface area contributed by atoms with Crippen molar-refractivity contribution < 1.29 is 28.0 Å². The molecular weight excluding hydrogens is 731 g/mol. The van der Waals surface area contributed by atoms with Crippen LogP contribution >= 0.6 is 23.5 Å². The quantitative estimate of drug-likeness (QED) is 0.112. The third-order valence-electron chi connectivity index (χ3n) is 8.40. The van der Waals surface area contributed by atoms with Gasteiger partial charge in [0.15, 0.2) is 0 Å². The van der Waals surface area contributed by atoms with Gasteiger partial charge in [0.2, 0.25) is 11.8 Å². The number of halogens is 2. The number of nitriles is 2. The molecule has 0 radical (unpaired) electrons. The molecule has 4 aromatic rings. The van der Waals surface area contributed by atoms with Crippen LogP contribution < -0.4 is 20.4 Å². The molecule has 2 atom stereocenters. The summed E-state index contributed by atoms with van der Waals surface area (Å²) in [4.78, 5) is 56.8. The summed E-state index contributed by atoms with van der Waals surface area (Å²) in [6.45, 7) is -0.274. The Morgan fingerprint density at radius 1 is 0.593 bits per heavy atom. The van der Waals surface area contributed by atoms with Gasteiger partial charge in [0, 0.05) is 24.5 Å². The topological polar surface area (TPSA) is 146 Å². The van der Waals surface area contributed by atoms with Crippen LogP contribution in [0.15, 0.2) is 130 Å². The maximum Gasteiger partial charge on any atom is 0.264 e. The molecular formula is C40H30F2N6O4S2. The Morgan fingerprint density at radius 3 is 1.28 bits per heavy atom. The second kappa shape index (κ2) is 17.1. The van der Waals surface area contributed by atoms with Gasteiger partial charge in [-0.15, -0.1) is 0 Å². The summed E-state index contributed by atoms with van der Waals surface area (Å²) in [7, 11) is 0. The lowest BCUT2D eigenvalue weighted by molar-refractivity contribution is -0.119. The summed E-state index contributed by atoms with van der Waals surface area (Å²) in [5.74, 6) is -3.07. The Balaban J connectivity index is 1.16. The molecule has 2 aliphatic heterocycles. The first kappa shape index (κ1) is 37.5. The van der Waals surface area contributed by atoms with E-state index in [1.165, 1.54) is 34.1 Å². The molecule has 10 nitrogen and oxygen atoms in total. The van der Waals surface area contributed by atoms with Crippen molar-refractivity contribution >= 4 is 58.5 Å². The fraction of sp³-hybridized carbons (Fsp3) is 0.150. The molecule has 4 aromatic carbocycles. The Labute approximate surface area is 318 Å². The fourth-order valence-electron chi connectivity index (χ4n) is 5.80. The van der Waals surface area contributed by atoms with E-state index in [4.69, 9.17) is 0 Å². The van der Waals surface area contributed by atoms with E-state index in [0.29, 0.717) is 22.5 Å². The van der Waals surface area contributed by atoms with Gasteiger partial charge < -0.3 is 10.6 Å². The molecule has 0 saturated carbocycles. The Bertz CT molecular complexity index is 2060. The third kappa shape index (κ3) is 8.36. The molecule has 2 N–H and O–H groups in total. The largest absolute Gasteiger partial charge is 0.350 e. The van der Waals surface area contributed by atoms with Crippen molar-refractivity contribution in [3.63, 3.8) is 0 Å². The van der Waals surface area contributed by atoms with Gasteiger partial charge in [-0.05, 0) is 72.5 Å². The van der Waals surface area contributed by atoms with Crippen molar-refractivity contribution in [2.75, 3.05) is 22.9 Å². The Hall–Kier alpha value is -6.22. The highest BCUT2D eigenvalue weighted by Crippen LogP contribution is 2.43. The zero-order valence-electron chi connectivity index (χ0n) is 28.4. The third-order valence-corrected chi connectivity index (χ3v) is 10.9. The minimum atomic E-state index is -0.778. The number of anilines is 2. The minimum Gasteiger partial charge on any atom is -0.350 e. The summed E-state index contributed by atoms with van der Waals surface area (Å²) in [6.07, 6.45) is 0.469. The first-order chi connectivity index (χ1) is 26.2. The standard InChI is InChI=1S/C40H30F2N6O4S2/c41-27-15-11-25(12-16-27)21-33-37(51)47(29-7-3-1-4-8-29)39(53-33)31(23-43)35(49)45-19-20-46-36(50)32(24-44)40-48(30-9-5-2-6-10-30)38(52)34(54-40)22-26-13-17-28(42)18-14-26/h1-18,33-34H,19-22H2,(H,45,49)(H,46,50)/b39-31-,40-32-/t33-,34+. The second-order valence-electron chi connectivity index (χ2n) is 12.0. The molecule has 0 spiro atoms. The Morgan fingerprint density at radius 2 is 0.944 bits per heavy atom. The van der Waals surface area contributed by atoms with E-state index >= 15 is 0 Å².